The van der Waals surface area contributed by atoms with E-state index in [0.29, 0.717) is 12.5 Å². The molecule has 0 saturated heterocycles. The molecule has 90 valence electrons. The maximum Gasteiger partial charge on any atom is 0.145 e. The van der Waals surface area contributed by atoms with Gasteiger partial charge in [0.15, 0.2) is 0 Å². The lowest BCUT2D eigenvalue weighted by atomic mass is 10.0. The molecule has 0 aliphatic rings. The molecule has 0 unspecified atom stereocenters. The van der Waals surface area contributed by atoms with E-state index >= 15 is 0 Å². The SMILES string of the molecule is CC(C)c1cc(OCCO)c2ncccc2c1. The van der Waals surface area contributed by atoms with Crippen LogP contribution < -0.4 is 4.74 Å². The Bertz CT molecular complexity index is 509. The fourth-order valence-electron chi connectivity index (χ4n) is 1.78. The first kappa shape index (κ1) is 11.9. The monoisotopic (exact) mass is 231 g/mol. The molecule has 0 fully saturated rings. The van der Waals surface area contributed by atoms with Gasteiger partial charge >= 0.3 is 0 Å². The van der Waals surface area contributed by atoms with Crippen molar-refractivity contribution in [1.29, 1.82) is 0 Å². The second-order valence-electron chi connectivity index (χ2n) is 4.32. The summed E-state index contributed by atoms with van der Waals surface area (Å²) in [5.74, 6) is 1.19. The molecule has 0 bridgehead atoms. The Morgan fingerprint density at radius 1 is 1.35 bits per heavy atom. The molecule has 17 heavy (non-hydrogen) atoms. The summed E-state index contributed by atoms with van der Waals surface area (Å²) < 4.78 is 5.55. The van der Waals surface area contributed by atoms with Crippen LogP contribution in [0, 0.1) is 0 Å². The maximum atomic E-state index is 8.83. The molecule has 1 aromatic heterocycles. The van der Waals surface area contributed by atoms with Crippen molar-refractivity contribution in [2.24, 2.45) is 0 Å². The highest BCUT2D eigenvalue weighted by molar-refractivity contribution is 5.85. The zero-order chi connectivity index (χ0) is 12.3. The maximum absolute atomic E-state index is 8.83. The highest BCUT2D eigenvalue weighted by Gasteiger charge is 2.08. The molecule has 0 spiro atoms. The van der Waals surface area contributed by atoms with Crippen LogP contribution in [0.5, 0.6) is 5.75 Å². The Morgan fingerprint density at radius 3 is 2.88 bits per heavy atom. The number of aromatic nitrogens is 1. The van der Waals surface area contributed by atoms with E-state index in [4.69, 9.17) is 9.84 Å². The molecule has 0 radical (unpaired) electrons. The number of aliphatic hydroxyl groups is 1. The molecular formula is C14H17NO2. The predicted molar refractivity (Wildman–Crippen MR) is 68.4 cm³/mol. The third kappa shape index (κ3) is 2.56. The second kappa shape index (κ2) is 5.15. The molecule has 0 amide bonds. The van der Waals surface area contributed by atoms with Crippen molar-refractivity contribution < 1.29 is 9.84 Å². The number of ether oxygens (including phenoxy) is 1. The van der Waals surface area contributed by atoms with Gasteiger partial charge in [-0.3, -0.25) is 4.98 Å². The first-order valence-electron chi connectivity index (χ1n) is 5.84. The summed E-state index contributed by atoms with van der Waals surface area (Å²) in [4.78, 5) is 4.33. The number of aliphatic hydroxyl groups excluding tert-OH is 1. The molecule has 0 aliphatic carbocycles. The van der Waals surface area contributed by atoms with Crippen LogP contribution in [0.4, 0.5) is 0 Å². The molecule has 3 nitrogen and oxygen atoms in total. The van der Waals surface area contributed by atoms with Gasteiger partial charge in [-0.2, -0.15) is 0 Å². The molecule has 2 aromatic rings. The van der Waals surface area contributed by atoms with Crippen molar-refractivity contribution in [3.63, 3.8) is 0 Å². The fraction of sp³-hybridized carbons (Fsp3) is 0.357. The van der Waals surface area contributed by atoms with Crippen LogP contribution in [0.2, 0.25) is 0 Å². The highest BCUT2D eigenvalue weighted by atomic mass is 16.5. The Balaban J connectivity index is 2.52. The van der Waals surface area contributed by atoms with Gasteiger partial charge in [-0.25, -0.2) is 0 Å². The van der Waals surface area contributed by atoms with Crippen LogP contribution in [0.1, 0.15) is 25.3 Å². The zero-order valence-corrected chi connectivity index (χ0v) is 10.2. The van der Waals surface area contributed by atoms with E-state index in [9.17, 15) is 0 Å². The smallest absolute Gasteiger partial charge is 0.145 e. The van der Waals surface area contributed by atoms with Crippen molar-refractivity contribution in [3.8, 4) is 5.75 Å². The van der Waals surface area contributed by atoms with Gasteiger partial charge < -0.3 is 9.84 Å². The molecule has 1 heterocycles. The standard InChI is InChI=1S/C14H17NO2/c1-10(2)12-8-11-4-3-5-15-14(11)13(9-12)17-7-6-16/h3-5,8-10,16H,6-7H2,1-2H3. The zero-order valence-electron chi connectivity index (χ0n) is 10.2. The molecule has 1 N–H and O–H groups in total. The van der Waals surface area contributed by atoms with Crippen molar-refractivity contribution in [2.75, 3.05) is 13.2 Å². The van der Waals surface area contributed by atoms with E-state index in [2.05, 4.69) is 24.9 Å². The molecule has 1 aromatic carbocycles. The second-order valence-corrected chi connectivity index (χ2v) is 4.32. The van der Waals surface area contributed by atoms with Gasteiger partial charge in [0, 0.05) is 11.6 Å². The number of nitrogens with zero attached hydrogens (tertiary/aromatic N) is 1. The summed E-state index contributed by atoms with van der Waals surface area (Å²) in [5, 5.41) is 9.91. The van der Waals surface area contributed by atoms with Gasteiger partial charge in [0.25, 0.3) is 0 Å². The number of hydrogen-bond acceptors (Lipinski definition) is 3. The summed E-state index contributed by atoms with van der Waals surface area (Å²) in [5.41, 5.74) is 2.07. The van der Waals surface area contributed by atoms with Gasteiger partial charge in [-0.05, 0) is 29.7 Å². The van der Waals surface area contributed by atoms with Crippen LogP contribution in [0.3, 0.4) is 0 Å². The quantitative estimate of drug-likeness (QED) is 0.879. The van der Waals surface area contributed by atoms with Crippen LogP contribution in [-0.2, 0) is 0 Å². The molecule has 3 heteroatoms. The minimum atomic E-state index is 0.0141. The third-order valence-electron chi connectivity index (χ3n) is 2.71. The van der Waals surface area contributed by atoms with Crippen LogP contribution in [0.15, 0.2) is 30.5 Å². The van der Waals surface area contributed by atoms with Gasteiger partial charge in [0.2, 0.25) is 0 Å². The lowest BCUT2D eigenvalue weighted by molar-refractivity contribution is 0.202. The van der Waals surface area contributed by atoms with Gasteiger partial charge in [0.05, 0.1) is 6.61 Å². The number of rotatable bonds is 4. The molecule has 2 rings (SSSR count). The summed E-state index contributed by atoms with van der Waals surface area (Å²) in [6.07, 6.45) is 1.75. The number of fused-ring (bicyclic) bond motifs is 1. The van der Waals surface area contributed by atoms with E-state index in [0.717, 1.165) is 16.7 Å². The van der Waals surface area contributed by atoms with Gasteiger partial charge in [0.1, 0.15) is 17.9 Å². The summed E-state index contributed by atoms with van der Waals surface area (Å²) >= 11 is 0. The van der Waals surface area contributed by atoms with Crippen LogP contribution >= 0.6 is 0 Å². The topological polar surface area (TPSA) is 42.4 Å². The average molecular weight is 231 g/mol. The largest absolute Gasteiger partial charge is 0.489 e. The summed E-state index contributed by atoms with van der Waals surface area (Å²) in [6, 6.07) is 8.09. The third-order valence-corrected chi connectivity index (χ3v) is 2.71. The molecule has 0 atom stereocenters. The van der Waals surface area contributed by atoms with Crippen LogP contribution in [-0.4, -0.2) is 23.3 Å². The Morgan fingerprint density at radius 2 is 2.18 bits per heavy atom. The normalized spacial score (nSPS) is 11.1. The summed E-state index contributed by atoms with van der Waals surface area (Å²) in [7, 11) is 0. The van der Waals surface area contributed by atoms with Crippen molar-refractivity contribution in [1.82, 2.24) is 4.98 Å². The molecule has 0 aliphatic heterocycles. The first-order valence-corrected chi connectivity index (χ1v) is 5.84. The first-order chi connectivity index (χ1) is 8.22. The number of pyridine rings is 1. The highest BCUT2D eigenvalue weighted by Crippen LogP contribution is 2.29. The number of hydrogen-bond donors (Lipinski definition) is 1. The van der Waals surface area contributed by atoms with Crippen molar-refractivity contribution in [3.05, 3.63) is 36.0 Å². The Labute approximate surface area is 101 Å². The molecule has 0 saturated carbocycles. The molecular weight excluding hydrogens is 214 g/mol. The Hall–Kier alpha value is -1.61. The van der Waals surface area contributed by atoms with E-state index in [-0.39, 0.29) is 6.61 Å². The average Bonchev–Trinajstić information content (AvgIpc) is 2.35. The minimum absolute atomic E-state index is 0.0141. The minimum Gasteiger partial charge on any atom is -0.489 e. The number of benzene rings is 1. The van der Waals surface area contributed by atoms with Crippen molar-refractivity contribution in [2.45, 2.75) is 19.8 Å². The van der Waals surface area contributed by atoms with E-state index in [1.807, 2.05) is 18.2 Å². The van der Waals surface area contributed by atoms with E-state index in [1.165, 1.54) is 5.56 Å². The summed E-state index contributed by atoms with van der Waals surface area (Å²) in [6.45, 7) is 4.61. The van der Waals surface area contributed by atoms with E-state index < -0.39 is 0 Å². The van der Waals surface area contributed by atoms with Gasteiger partial charge in [-0.1, -0.05) is 19.9 Å². The predicted octanol–water partition coefficient (Wildman–Crippen LogP) is 2.73. The lowest BCUT2D eigenvalue weighted by Crippen LogP contribution is -2.03. The Kier molecular flexibility index (Phi) is 3.59. The fourth-order valence-corrected chi connectivity index (χ4v) is 1.78. The lowest BCUT2D eigenvalue weighted by Gasteiger charge is -2.12. The van der Waals surface area contributed by atoms with Gasteiger partial charge in [-0.15, -0.1) is 0 Å². The van der Waals surface area contributed by atoms with Crippen molar-refractivity contribution >= 4 is 10.9 Å². The van der Waals surface area contributed by atoms with E-state index in [1.54, 1.807) is 6.20 Å². The van der Waals surface area contributed by atoms with Crippen LogP contribution in [0.25, 0.3) is 10.9 Å².